The molecule has 0 aromatic heterocycles. The highest BCUT2D eigenvalue weighted by atomic mass is 16.5. The largest absolute Gasteiger partial charge is 0.497 e. The fraction of sp³-hybridized carbons (Fsp3) is 0.476. The van der Waals surface area contributed by atoms with Gasteiger partial charge in [-0.2, -0.15) is 0 Å². The molecule has 0 spiro atoms. The highest BCUT2D eigenvalue weighted by Gasteiger charge is 2.49. The van der Waals surface area contributed by atoms with Gasteiger partial charge in [-0.15, -0.1) is 0 Å². The Morgan fingerprint density at radius 1 is 0.754 bits per heavy atom. The molecule has 0 saturated carbocycles. The van der Waals surface area contributed by atoms with E-state index in [0.717, 1.165) is 29.7 Å². The van der Waals surface area contributed by atoms with Gasteiger partial charge in [0.2, 0.25) is 17.8 Å². The number of ether oxygens (including phenoxy) is 4. The number of amides is 4. The Kier molecular flexibility index (Phi) is 11.6. The first-order chi connectivity index (χ1) is 27.6. The van der Waals surface area contributed by atoms with E-state index in [1.165, 1.54) is 26.3 Å². The van der Waals surface area contributed by atoms with Gasteiger partial charge in [0.1, 0.15) is 5.75 Å². The zero-order valence-corrected chi connectivity index (χ0v) is 33.1. The van der Waals surface area contributed by atoms with Crippen LogP contribution in [0, 0.1) is 0 Å². The molecular weight excluding hydrogens is 732 g/mol. The molecule has 2 N–H and O–H groups in total. The number of nitrogens with one attached hydrogen (secondary N) is 1. The molecular formula is C42H52N6O9. The third kappa shape index (κ3) is 7.58. The van der Waals surface area contributed by atoms with Crippen LogP contribution in [0.15, 0.2) is 66.7 Å². The minimum atomic E-state index is -1.16. The average molecular weight is 785 g/mol. The van der Waals surface area contributed by atoms with Gasteiger partial charge >= 0.3 is 12.0 Å². The Balaban J connectivity index is 1.08. The summed E-state index contributed by atoms with van der Waals surface area (Å²) in [5, 5.41) is 15.5. The third-order valence-electron chi connectivity index (χ3n) is 12.4. The number of piperazine rings is 1. The van der Waals surface area contributed by atoms with Gasteiger partial charge in [0, 0.05) is 50.2 Å². The predicted octanol–water partition coefficient (Wildman–Crippen LogP) is 3.42. The number of imide groups is 1. The van der Waals surface area contributed by atoms with Crippen LogP contribution in [0.2, 0.25) is 0 Å². The van der Waals surface area contributed by atoms with Gasteiger partial charge in [0.05, 0.1) is 33.9 Å². The van der Waals surface area contributed by atoms with Gasteiger partial charge in [0.15, 0.2) is 11.5 Å². The first kappa shape index (κ1) is 39.8. The van der Waals surface area contributed by atoms with Crippen molar-refractivity contribution in [3.63, 3.8) is 0 Å². The van der Waals surface area contributed by atoms with Crippen LogP contribution in [0.4, 0.5) is 4.79 Å². The van der Waals surface area contributed by atoms with Gasteiger partial charge in [-0.3, -0.25) is 19.8 Å². The SMILES string of the molecule is COc1cccc(C2(CCN3CCC(C(=O)NC(=O)N4C(C(=O)O)N5CCN4CC5)(c4ccccc4)CC3)CCN(C(=O)c3cc(OC)c(OC)c(OC)c3)C2)c1. The van der Waals surface area contributed by atoms with Crippen LogP contribution in [-0.2, 0) is 20.4 Å². The van der Waals surface area contributed by atoms with Crippen molar-refractivity contribution in [2.24, 2.45) is 0 Å². The van der Waals surface area contributed by atoms with Crippen LogP contribution in [0.1, 0.15) is 47.2 Å². The number of benzene rings is 3. The first-order valence-corrected chi connectivity index (χ1v) is 19.4. The number of piperidine rings is 1. The molecule has 0 radical (unpaired) electrons. The van der Waals surface area contributed by atoms with Crippen molar-refractivity contribution in [1.29, 1.82) is 0 Å². The van der Waals surface area contributed by atoms with E-state index in [1.54, 1.807) is 29.2 Å². The van der Waals surface area contributed by atoms with E-state index in [-0.39, 0.29) is 11.3 Å². The number of urea groups is 1. The molecule has 5 heterocycles. The van der Waals surface area contributed by atoms with E-state index in [9.17, 15) is 24.3 Å². The molecule has 2 atom stereocenters. The maximum Gasteiger partial charge on any atom is 0.343 e. The zero-order chi connectivity index (χ0) is 40.3. The third-order valence-corrected chi connectivity index (χ3v) is 12.4. The zero-order valence-electron chi connectivity index (χ0n) is 33.1. The quantitative estimate of drug-likeness (QED) is 0.277. The van der Waals surface area contributed by atoms with E-state index in [2.05, 4.69) is 22.3 Å². The number of aliphatic carboxylic acids is 1. The summed E-state index contributed by atoms with van der Waals surface area (Å²) in [6.45, 7) is 5.06. The van der Waals surface area contributed by atoms with Gasteiger partial charge < -0.3 is 33.9 Å². The number of hydrogen-bond donors (Lipinski definition) is 2. The van der Waals surface area contributed by atoms with Crippen LogP contribution in [0.25, 0.3) is 0 Å². The Morgan fingerprint density at radius 2 is 1.42 bits per heavy atom. The molecule has 5 fully saturated rings. The molecule has 3 aromatic rings. The number of carbonyl (C=O) groups excluding carboxylic acids is 3. The monoisotopic (exact) mass is 784 g/mol. The van der Waals surface area contributed by atoms with Crippen molar-refractivity contribution >= 4 is 23.8 Å². The number of rotatable bonds is 12. The van der Waals surface area contributed by atoms with Crippen molar-refractivity contribution in [3.05, 3.63) is 83.4 Å². The first-order valence-electron chi connectivity index (χ1n) is 19.4. The molecule has 2 unspecified atom stereocenters. The lowest BCUT2D eigenvalue weighted by Gasteiger charge is -2.52. The number of carboxylic acids is 1. The fourth-order valence-corrected chi connectivity index (χ4v) is 9.16. The van der Waals surface area contributed by atoms with E-state index < -0.39 is 29.5 Å². The van der Waals surface area contributed by atoms with Gasteiger partial charge in [-0.05, 0) is 80.7 Å². The molecule has 2 bridgehead atoms. The summed E-state index contributed by atoms with van der Waals surface area (Å²) in [5.41, 5.74) is 0.991. The van der Waals surface area contributed by atoms with Crippen molar-refractivity contribution in [3.8, 4) is 23.0 Å². The summed E-state index contributed by atoms with van der Waals surface area (Å²) in [7, 11) is 6.22. The molecule has 57 heavy (non-hydrogen) atoms. The number of hydrogen-bond acceptors (Lipinski definition) is 11. The lowest BCUT2D eigenvalue weighted by atomic mass is 9.71. The van der Waals surface area contributed by atoms with Crippen molar-refractivity contribution in [2.45, 2.75) is 42.7 Å². The minimum absolute atomic E-state index is 0.133. The molecule has 304 valence electrons. The number of carboxylic acid groups (broad SMARTS) is 1. The van der Waals surface area contributed by atoms with E-state index >= 15 is 0 Å². The molecule has 15 heteroatoms. The van der Waals surface area contributed by atoms with Gasteiger partial charge in [-0.25, -0.2) is 19.6 Å². The van der Waals surface area contributed by atoms with Crippen LogP contribution in [0.3, 0.4) is 0 Å². The summed E-state index contributed by atoms with van der Waals surface area (Å²) in [6.07, 6.45) is 1.26. The maximum atomic E-state index is 14.3. The number of fused-ring (bicyclic) bond motifs is 3. The highest BCUT2D eigenvalue weighted by molar-refractivity contribution is 6.01. The van der Waals surface area contributed by atoms with Crippen LogP contribution in [0.5, 0.6) is 23.0 Å². The van der Waals surface area contributed by atoms with Crippen molar-refractivity contribution < 1.29 is 43.2 Å². The molecule has 5 aliphatic rings. The van der Waals surface area contributed by atoms with Gasteiger partial charge in [-0.1, -0.05) is 42.5 Å². The van der Waals surface area contributed by atoms with Crippen molar-refractivity contribution in [2.75, 3.05) is 87.3 Å². The Bertz CT molecular complexity index is 1940. The second-order valence-corrected chi connectivity index (χ2v) is 15.2. The number of likely N-dealkylation sites (tertiary alicyclic amines) is 2. The lowest BCUT2D eigenvalue weighted by molar-refractivity contribution is -0.190. The van der Waals surface area contributed by atoms with Crippen LogP contribution >= 0.6 is 0 Å². The van der Waals surface area contributed by atoms with E-state index in [1.807, 2.05) is 47.4 Å². The molecule has 0 aliphatic carbocycles. The van der Waals surface area contributed by atoms with Gasteiger partial charge in [0.25, 0.3) is 5.91 Å². The minimum Gasteiger partial charge on any atom is -0.497 e. The number of methoxy groups -OCH3 is 4. The molecule has 5 saturated heterocycles. The molecule has 4 amide bonds. The second-order valence-electron chi connectivity index (χ2n) is 15.2. The van der Waals surface area contributed by atoms with Crippen LogP contribution in [-0.4, -0.2) is 147 Å². The fourth-order valence-electron chi connectivity index (χ4n) is 9.16. The molecule has 3 aromatic carbocycles. The smallest absolute Gasteiger partial charge is 0.343 e. The average Bonchev–Trinajstić information content (AvgIpc) is 3.71. The summed E-state index contributed by atoms with van der Waals surface area (Å²) in [6, 6.07) is 20.2. The number of nitrogens with zero attached hydrogens (tertiary/aromatic N) is 5. The normalized spacial score (nSPS) is 24.1. The maximum absolute atomic E-state index is 14.3. The Labute approximate surface area is 332 Å². The Morgan fingerprint density at radius 3 is 2.04 bits per heavy atom. The second kappa shape index (κ2) is 16.6. The van der Waals surface area contributed by atoms with Crippen molar-refractivity contribution in [1.82, 2.24) is 30.0 Å². The number of hydrazine groups is 1. The highest BCUT2D eigenvalue weighted by Crippen LogP contribution is 2.43. The summed E-state index contributed by atoms with van der Waals surface area (Å²) in [5.74, 6) is 0.293. The standard InChI is InChI=1S/C42H52N6O9/c1-54-32-12-8-11-31(27-32)41(14-20-46(28-41)37(49)29-25-33(55-2)35(57-4)34(26-29)56-3)13-17-44-18-15-42(16-19-44,30-9-6-5-7-10-30)39(52)43-40(53)48-36(38(50)51)45-21-23-47(48)24-22-45/h5-12,25-27,36H,13-24,28H2,1-4H3,(H,50,51)(H,43,52,53). The van der Waals surface area contributed by atoms with E-state index in [0.29, 0.717) is 94.6 Å². The molecule has 8 rings (SSSR count). The predicted molar refractivity (Wildman–Crippen MR) is 210 cm³/mol. The topological polar surface area (TPSA) is 154 Å². The molecule has 15 nitrogen and oxygen atoms in total. The lowest BCUT2D eigenvalue weighted by Crippen LogP contribution is -2.74. The van der Waals surface area contributed by atoms with Crippen LogP contribution < -0.4 is 24.3 Å². The summed E-state index contributed by atoms with van der Waals surface area (Å²) in [4.78, 5) is 60.4. The van der Waals surface area contributed by atoms with E-state index in [4.69, 9.17) is 18.9 Å². The Hall–Kier alpha value is -5.38. The summed E-state index contributed by atoms with van der Waals surface area (Å²) >= 11 is 0. The molecule has 5 aliphatic heterocycles. The summed E-state index contributed by atoms with van der Waals surface area (Å²) < 4.78 is 22.2. The number of carbonyl (C=O) groups is 4.